The van der Waals surface area contributed by atoms with Crippen molar-refractivity contribution in [1.29, 1.82) is 0 Å². The fraction of sp³-hybridized carbons (Fsp3) is 0.0588. The summed E-state index contributed by atoms with van der Waals surface area (Å²) < 4.78 is 37.8. The van der Waals surface area contributed by atoms with Crippen LogP contribution in [0.5, 0.6) is 11.5 Å². The second kappa shape index (κ2) is 6.50. The number of phenolic OH excluding ortho intramolecular Hbond substituents is 1. The second-order valence-electron chi connectivity index (χ2n) is 5.16. The molecule has 0 radical (unpaired) electrons. The van der Waals surface area contributed by atoms with Gasteiger partial charge in [-0.25, -0.2) is 0 Å². The monoisotopic (exact) mass is 358 g/mol. The second-order valence-corrected chi connectivity index (χ2v) is 6.55. The third-order valence-corrected chi connectivity index (χ3v) is 4.48. The Balaban J connectivity index is 2.15. The van der Waals surface area contributed by atoms with Crippen LogP contribution < -0.4 is 4.74 Å². The van der Waals surface area contributed by atoms with E-state index in [0.717, 1.165) is 0 Å². The molecule has 2 N–H and O–H groups in total. The summed E-state index contributed by atoms with van der Waals surface area (Å²) in [5.74, 6) is 0.548. The van der Waals surface area contributed by atoms with E-state index in [1.54, 1.807) is 31.4 Å². The van der Waals surface area contributed by atoms with Crippen molar-refractivity contribution in [3.8, 4) is 11.5 Å². The summed E-state index contributed by atoms with van der Waals surface area (Å²) in [6.45, 7) is 0. The summed E-state index contributed by atoms with van der Waals surface area (Å²) in [5.41, 5.74) is 0.739. The van der Waals surface area contributed by atoms with E-state index >= 15 is 0 Å². The quantitative estimate of drug-likeness (QED) is 0.536. The van der Waals surface area contributed by atoms with Crippen LogP contribution in [0, 0.1) is 0 Å². The maximum Gasteiger partial charge on any atom is 0.295 e. The van der Waals surface area contributed by atoms with Gasteiger partial charge in [0.05, 0.1) is 18.5 Å². The van der Waals surface area contributed by atoms with Gasteiger partial charge in [0, 0.05) is 10.8 Å². The number of hydrogen-bond donors (Lipinski definition) is 2. The molecule has 0 amide bonds. The van der Waals surface area contributed by atoms with Crippen LogP contribution in [-0.2, 0) is 10.1 Å². The van der Waals surface area contributed by atoms with Gasteiger partial charge in [-0.3, -0.25) is 4.55 Å². The highest BCUT2D eigenvalue weighted by Gasteiger charge is 2.18. The van der Waals surface area contributed by atoms with Crippen LogP contribution in [0.2, 0.25) is 0 Å². The summed E-state index contributed by atoms with van der Waals surface area (Å²) in [7, 11) is -2.94. The summed E-state index contributed by atoms with van der Waals surface area (Å²) >= 11 is 0. The average Bonchev–Trinajstić information content (AvgIpc) is 2.60. The Morgan fingerprint density at radius 2 is 1.68 bits per heavy atom. The molecule has 25 heavy (non-hydrogen) atoms. The molecule has 0 saturated carbocycles. The molecule has 3 rings (SSSR count). The normalized spacial score (nSPS) is 11.9. The number of azo groups is 1. The lowest BCUT2D eigenvalue weighted by atomic mass is 10.1. The van der Waals surface area contributed by atoms with Crippen molar-refractivity contribution in [3.63, 3.8) is 0 Å². The molecule has 0 fully saturated rings. The average molecular weight is 358 g/mol. The number of hydrogen-bond acceptors (Lipinski definition) is 6. The Bertz CT molecular complexity index is 1060. The van der Waals surface area contributed by atoms with E-state index in [1.165, 1.54) is 30.3 Å². The predicted octanol–water partition coefficient (Wildman–Crippen LogP) is 4.22. The predicted molar refractivity (Wildman–Crippen MR) is 92.6 cm³/mol. The molecule has 7 nitrogen and oxygen atoms in total. The standard InChI is InChI=1S/C17H14N2O5S/c1-24-12-7-5-11(6-8-12)18-19-14-9-10-15(20)13-3-2-4-16(17(13)14)25(21,22)23/h2-10,20H,1H3,(H,21,22,23). The summed E-state index contributed by atoms with van der Waals surface area (Å²) in [6, 6.07) is 13.8. The number of aromatic hydroxyl groups is 1. The van der Waals surface area contributed by atoms with E-state index in [2.05, 4.69) is 10.2 Å². The Hall–Kier alpha value is -2.97. The van der Waals surface area contributed by atoms with Crippen LogP contribution in [0.1, 0.15) is 0 Å². The number of methoxy groups -OCH3 is 1. The van der Waals surface area contributed by atoms with Crippen LogP contribution in [0.3, 0.4) is 0 Å². The fourth-order valence-electron chi connectivity index (χ4n) is 2.40. The first-order valence-electron chi connectivity index (χ1n) is 7.18. The Morgan fingerprint density at radius 1 is 0.960 bits per heavy atom. The maximum absolute atomic E-state index is 11.6. The molecular weight excluding hydrogens is 344 g/mol. The molecular formula is C17H14N2O5S. The van der Waals surface area contributed by atoms with Crippen molar-refractivity contribution in [2.24, 2.45) is 10.2 Å². The van der Waals surface area contributed by atoms with Crippen LogP contribution in [0.15, 0.2) is 69.7 Å². The molecule has 0 aliphatic heterocycles. The lowest BCUT2D eigenvalue weighted by molar-refractivity contribution is 0.415. The molecule has 0 heterocycles. The van der Waals surface area contributed by atoms with Crippen LogP contribution in [0.4, 0.5) is 11.4 Å². The van der Waals surface area contributed by atoms with Gasteiger partial charge in [-0.05, 0) is 42.5 Å². The minimum Gasteiger partial charge on any atom is -0.507 e. The van der Waals surface area contributed by atoms with Crippen molar-refractivity contribution in [2.75, 3.05) is 7.11 Å². The molecule has 0 aliphatic carbocycles. The zero-order valence-electron chi connectivity index (χ0n) is 13.1. The van der Waals surface area contributed by atoms with Crippen LogP contribution in [-0.4, -0.2) is 25.2 Å². The van der Waals surface area contributed by atoms with Gasteiger partial charge < -0.3 is 9.84 Å². The third-order valence-electron chi connectivity index (χ3n) is 3.58. The highest BCUT2D eigenvalue weighted by Crippen LogP contribution is 2.37. The molecule has 8 heteroatoms. The van der Waals surface area contributed by atoms with Gasteiger partial charge in [0.25, 0.3) is 10.1 Å². The molecule has 0 unspecified atom stereocenters. The van der Waals surface area contributed by atoms with Gasteiger partial charge in [-0.2, -0.15) is 13.5 Å². The van der Waals surface area contributed by atoms with Gasteiger partial charge in [-0.1, -0.05) is 12.1 Å². The number of ether oxygens (including phenoxy) is 1. The SMILES string of the molecule is COc1ccc(N=Nc2ccc(O)c3cccc(S(=O)(=O)O)c23)cc1. The van der Waals surface area contributed by atoms with Crippen molar-refractivity contribution in [2.45, 2.75) is 4.90 Å². The maximum atomic E-state index is 11.6. The first kappa shape index (κ1) is 16.9. The molecule has 0 spiro atoms. The van der Waals surface area contributed by atoms with E-state index in [9.17, 15) is 18.1 Å². The molecule has 0 aliphatic rings. The number of phenols is 1. The van der Waals surface area contributed by atoms with E-state index in [4.69, 9.17) is 4.74 Å². The van der Waals surface area contributed by atoms with Gasteiger partial charge in [0.15, 0.2) is 0 Å². The fourth-order valence-corrected chi connectivity index (χ4v) is 3.12. The van der Waals surface area contributed by atoms with Crippen molar-refractivity contribution >= 4 is 32.3 Å². The number of rotatable bonds is 4. The Labute approximate surface area is 144 Å². The number of nitrogens with zero attached hydrogens (tertiary/aromatic N) is 2. The van der Waals surface area contributed by atoms with E-state index < -0.39 is 10.1 Å². The van der Waals surface area contributed by atoms with Crippen molar-refractivity contribution < 1.29 is 22.8 Å². The first-order valence-corrected chi connectivity index (χ1v) is 8.62. The molecule has 3 aromatic carbocycles. The first-order chi connectivity index (χ1) is 11.9. The van der Waals surface area contributed by atoms with Crippen LogP contribution >= 0.6 is 0 Å². The Morgan fingerprint density at radius 3 is 2.32 bits per heavy atom. The highest BCUT2D eigenvalue weighted by atomic mass is 32.2. The van der Waals surface area contributed by atoms with E-state index in [-0.39, 0.29) is 27.1 Å². The van der Waals surface area contributed by atoms with Gasteiger partial charge in [-0.15, -0.1) is 5.11 Å². The molecule has 128 valence electrons. The number of fused-ring (bicyclic) bond motifs is 1. The van der Waals surface area contributed by atoms with Gasteiger partial charge in [0.2, 0.25) is 0 Å². The smallest absolute Gasteiger partial charge is 0.295 e. The molecule has 0 saturated heterocycles. The molecule has 0 atom stereocenters. The lowest BCUT2D eigenvalue weighted by Gasteiger charge is -2.08. The molecule has 0 bridgehead atoms. The van der Waals surface area contributed by atoms with E-state index in [1.807, 2.05) is 0 Å². The molecule has 0 aromatic heterocycles. The summed E-state index contributed by atoms with van der Waals surface area (Å²) in [5, 5.41) is 18.5. The van der Waals surface area contributed by atoms with Crippen molar-refractivity contribution in [3.05, 3.63) is 54.6 Å². The Kier molecular flexibility index (Phi) is 4.39. The lowest BCUT2D eigenvalue weighted by Crippen LogP contribution is -1.99. The van der Waals surface area contributed by atoms with Crippen molar-refractivity contribution in [1.82, 2.24) is 0 Å². The topological polar surface area (TPSA) is 109 Å². The summed E-state index contributed by atoms with van der Waals surface area (Å²) in [6.07, 6.45) is 0. The largest absolute Gasteiger partial charge is 0.507 e. The minimum atomic E-state index is -4.49. The zero-order valence-corrected chi connectivity index (χ0v) is 13.9. The van der Waals surface area contributed by atoms with E-state index in [0.29, 0.717) is 11.4 Å². The van der Waals surface area contributed by atoms with Gasteiger partial charge >= 0.3 is 0 Å². The van der Waals surface area contributed by atoms with Gasteiger partial charge in [0.1, 0.15) is 16.4 Å². The zero-order chi connectivity index (χ0) is 18.0. The highest BCUT2D eigenvalue weighted by molar-refractivity contribution is 7.86. The van der Waals surface area contributed by atoms with Crippen LogP contribution in [0.25, 0.3) is 10.8 Å². The number of benzene rings is 3. The molecule has 3 aromatic rings. The third kappa shape index (κ3) is 3.44. The summed E-state index contributed by atoms with van der Waals surface area (Å²) in [4.78, 5) is -0.343. The minimum absolute atomic E-state index is 0.0993.